The maximum Gasteiger partial charge on any atom is 0.276 e. The number of ketones is 1. The average molecular weight is 289 g/mol. The monoisotopic (exact) mass is 289 g/mol. The molecule has 2 aromatic rings. The number of nitrogens with zero attached hydrogens (tertiary/aromatic N) is 1. The van der Waals surface area contributed by atoms with Crippen molar-refractivity contribution in [3.8, 4) is 11.5 Å². The molecule has 0 atom stereocenters. The summed E-state index contributed by atoms with van der Waals surface area (Å²) in [6, 6.07) is 8.16. The number of halogens is 1. The van der Waals surface area contributed by atoms with Crippen LogP contribution in [0.25, 0.3) is 0 Å². The first-order chi connectivity index (χ1) is 9.90. The summed E-state index contributed by atoms with van der Waals surface area (Å²) < 4.78 is 19.3. The smallest absolute Gasteiger partial charge is 0.276 e. The molecule has 0 bridgehead atoms. The van der Waals surface area contributed by atoms with Crippen molar-refractivity contribution in [1.82, 2.24) is 0 Å². The topological polar surface area (TPSA) is 69.4 Å². The predicted octanol–water partition coefficient (Wildman–Crippen LogP) is 4.04. The second kappa shape index (κ2) is 5.70. The lowest BCUT2D eigenvalue weighted by atomic mass is 10.1. The summed E-state index contributed by atoms with van der Waals surface area (Å²) in [5, 5.41) is 10.9. The van der Waals surface area contributed by atoms with Gasteiger partial charge in [0.25, 0.3) is 5.69 Å². The van der Waals surface area contributed by atoms with Crippen LogP contribution in [0, 0.1) is 22.9 Å². The van der Waals surface area contributed by atoms with E-state index in [0.29, 0.717) is 5.56 Å². The minimum absolute atomic E-state index is 0.0939. The molecule has 0 aliphatic rings. The van der Waals surface area contributed by atoms with Gasteiger partial charge in [-0.3, -0.25) is 14.9 Å². The third-order valence-corrected chi connectivity index (χ3v) is 3.01. The van der Waals surface area contributed by atoms with Crippen LogP contribution in [-0.4, -0.2) is 10.7 Å². The number of carbonyl (C=O) groups excluding carboxylic acids is 1. The zero-order valence-electron chi connectivity index (χ0n) is 11.4. The highest BCUT2D eigenvalue weighted by molar-refractivity contribution is 5.94. The number of rotatable bonds is 4. The van der Waals surface area contributed by atoms with Crippen molar-refractivity contribution in [2.75, 3.05) is 0 Å². The minimum Gasteiger partial charge on any atom is -0.454 e. The van der Waals surface area contributed by atoms with E-state index in [-0.39, 0.29) is 28.5 Å². The van der Waals surface area contributed by atoms with Gasteiger partial charge in [0.1, 0.15) is 5.75 Å². The maximum absolute atomic E-state index is 13.9. The number of nitro benzene ring substituents is 1. The minimum atomic E-state index is -0.700. The Kier molecular flexibility index (Phi) is 3.98. The van der Waals surface area contributed by atoms with Crippen molar-refractivity contribution in [1.29, 1.82) is 0 Å². The molecule has 2 aromatic carbocycles. The Hall–Kier alpha value is -2.76. The van der Waals surface area contributed by atoms with Gasteiger partial charge in [-0.25, -0.2) is 4.39 Å². The molecule has 0 aliphatic heterocycles. The molecule has 0 saturated carbocycles. The molecule has 6 heteroatoms. The Balaban J connectivity index is 2.37. The first-order valence-electron chi connectivity index (χ1n) is 6.12. The summed E-state index contributed by atoms with van der Waals surface area (Å²) >= 11 is 0. The van der Waals surface area contributed by atoms with Gasteiger partial charge in [-0.05, 0) is 38.1 Å². The lowest BCUT2D eigenvalue weighted by Gasteiger charge is -2.10. The van der Waals surface area contributed by atoms with Gasteiger partial charge in [0.2, 0.25) is 0 Å². The molecule has 0 unspecified atom stereocenters. The van der Waals surface area contributed by atoms with Crippen LogP contribution in [0.15, 0.2) is 36.4 Å². The van der Waals surface area contributed by atoms with E-state index in [4.69, 9.17) is 4.74 Å². The number of hydrogen-bond acceptors (Lipinski definition) is 4. The molecule has 0 heterocycles. The normalized spacial score (nSPS) is 10.2. The Morgan fingerprint density at radius 1 is 1.24 bits per heavy atom. The van der Waals surface area contributed by atoms with Crippen molar-refractivity contribution < 1.29 is 18.8 Å². The van der Waals surface area contributed by atoms with Crippen molar-refractivity contribution >= 4 is 11.5 Å². The quantitative estimate of drug-likeness (QED) is 0.484. The van der Waals surface area contributed by atoms with Crippen LogP contribution in [-0.2, 0) is 0 Å². The molecule has 21 heavy (non-hydrogen) atoms. The molecule has 0 spiro atoms. The molecule has 0 amide bonds. The van der Waals surface area contributed by atoms with Crippen LogP contribution >= 0.6 is 0 Å². The summed E-state index contributed by atoms with van der Waals surface area (Å²) in [7, 11) is 0. The molecule has 108 valence electrons. The maximum atomic E-state index is 13.9. The van der Waals surface area contributed by atoms with Crippen molar-refractivity contribution in [3.63, 3.8) is 0 Å². The van der Waals surface area contributed by atoms with Crippen LogP contribution < -0.4 is 4.74 Å². The molecule has 5 nitrogen and oxygen atoms in total. The van der Waals surface area contributed by atoms with E-state index in [1.165, 1.54) is 44.2 Å². The predicted molar refractivity (Wildman–Crippen MR) is 74.3 cm³/mol. The third kappa shape index (κ3) is 3.05. The van der Waals surface area contributed by atoms with Crippen LogP contribution in [0.4, 0.5) is 10.1 Å². The summed E-state index contributed by atoms with van der Waals surface area (Å²) in [5.41, 5.74) is 0.432. The molecule has 0 aliphatic carbocycles. The lowest BCUT2D eigenvalue weighted by molar-refractivity contribution is -0.385. The Bertz CT molecular complexity index is 728. The fraction of sp³-hybridized carbons (Fsp3) is 0.133. The van der Waals surface area contributed by atoms with Gasteiger partial charge in [0.15, 0.2) is 17.3 Å². The van der Waals surface area contributed by atoms with Gasteiger partial charge >= 0.3 is 0 Å². The average Bonchev–Trinajstić information content (AvgIpc) is 2.42. The summed E-state index contributed by atoms with van der Waals surface area (Å²) in [5.74, 6) is -0.858. The number of benzene rings is 2. The standard InChI is InChI=1S/C15H12FNO4/c1-9-13(17(19)20)4-3-5-14(9)21-15-7-6-11(10(2)18)8-12(15)16/h3-8H,1-2H3. The zero-order chi connectivity index (χ0) is 15.6. The summed E-state index contributed by atoms with van der Waals surface area (Å²) in [6.07, 6.45) is 0. The summed E-state index contributed by atoms with van der Waals surface area (Å²) in [6.45, 7) is 2.86. The number of ether oxygens (including phenoxy) is 1. The largest absolute Gasteiger partial charge is 0.454 e. The van der Waals surface area contributed by atoms with E-state index in [2.05, 4.69) is 0 Å². The van der Waals surface area contributed by atoms with E-state index in [1.54, 1.807) is 0 Å². The van der Waals surface area contributed by atoms with Crippen LogP contribution in [0.1, 0.15) is 22.8 Å². The first-order valence-corrected chi connectivity index (χ1v) is 6.12. The SMILES string of the molecule is CC(=O)c1ccc(Oc2cccc([N+](=O)[O-])c2C)c(F)c1. The van der Waals surface area contributed by atoms with Crippen molar-refractivity contribution in [3.05, 3.63) is 63.5 Å². The highest BCUT2D eigenvalue weighted by Gasteiger charge is 2.16. The van der Waals surface area contributed by atoms with Gasteiger partial charge < -0.3 is 4.74 Å². The molecule has 0 fully saturated rings. The van der Waals surface area contributed by atoms with Gasteiger partial charge in [-0.2, -0.15) is 0 Å². The number of nitro groups is 1. The Labute approximate surface area is 120 Å². The second-order valence-electron chi connectivity index (χ2n) is 4.46. The van der Waals surface area contributed by atoms with Crippen LogP contribution in [0.3, 0.4) is 0 Å². The van der Waals surface area contributed by atoms with E-state index in [1.807, 2.05) is 0 Å². The molecule has 0 saturated heterocycles. The second-order valence-corrected chi connectivity index (χ2v) is 4.46. The fourth-order valence-electron chi connectivity index (χ4n) is 1.83. The third-order valence-electron chi connectivity index (χ3n) is 3.01. The van der Waals surface area contributed by atoms with E-state index in [0.717, 1.165) is 6.07 Å². The number of Topliss-reactive ketones (excluding diaryl/α,β-unsaturated/α-hetero) is 1. The fourth-order valence-corrected chi connectivity index (χ4v) is 1.83. The number of hydrogen-bond donors (Lipinski definition) is 0. The highest BCUT2D eigenvalue weighted by atomic mass is 19.1. The highest BCUT2D eigenvalue weighted by Crippen LogP contribution is 2.32. The molecule has 0 radical (unpaired) electrons. The first kappa shape index (κ1) is 14.6. The van der Waals surface area contributed by atoms with Crippen LogP contribution in [0.2, 0.25) is 0 Å². The van der Waals surface area contributed by atoms with Gasteiger partial charge in [0, 0.05) is 11.6 Å². The molecular formula is C15H12FNO4. The Morgan fingerprint density at radius 3 is 2.52 bits per heavy atom. The van der Waals surface area contributed by atoms with Gasteiger partial charge in [0.05, 0.1) is 10.5 Å². The number of carbonyl (C=O) groups is 1. The van der Waals surface area contributed by atoms with E-state index >= 15 is 0 Å². The van der Waals surface area contributed by atoms with Gasteiger partial charge in [-0.1, -0.05) is 6.07 Å². The van der Waals surface area contributed by atoms with Crippen LogP contribution in [0.5, 0.6) is 11.5 Å². The van der Waals surface area contributed by atoms with Crippen molar-refractivity contribution in [2.45, 2.75) is 13.8 Å². The summed E-state index contributed by atoms with van der Waals surface area (Å²) in [4.78, 5) is 21.5. The van der Waals surface area contributed by atoms with Gasteiger partial charge in [-0.15, -0.1) is 0 Å². The van der Waals surface area contributed by atoms with E-state index in [9.17, 15) is 19.3 Å². The molecular weight excluding hydrogens is 277 g/mol. The van der Waals surface area contributed by atoms with Crippen molar-refractivity contribution in [2.24, 2.45) is 0 Å². The molecule has 0 N–H and O–H groups in total. The zero-order valence-corrected chi connectivity index (χ0v) is 11.4. The Morgan fingerprint density at radius 2 is 1.95 bits per heavy atom. The molecule has 0 aromatic heterocycles. The van der Waals surface area contributed by atoms with E-state index < -0.39 is 10.7 Å². The molecule has 2 rings (SSSR count). The lowest BCUT2D eigenvalue weighted by Crippen LogP contribution is -1.97.